The molecule has 2 aromatic carbocycles. The van der Waals surface area contributed by atoms with E-state index in [-0.39, 0.29) is 36.0 Å². The van der Waals surface area contributed by atoms with Gasteiger partial charge in [-0.25, -0.2) is 27.0 Å². The summed E-state index contributed by atoms with van der Waals surface area (Å²) in [7, 11) is 0.153. The summed E-state index contributed by atoms with van der Waals surface area (Å²) in [4.78, 5) is 28.2. The Kier molecular flexibility index (Phi) is 9.07. The summed E-state index contributed by atoms with van der Waals surface area (Å²) in [5, 5.41) is 2.39. The highest BCUT2D eigenvalue weighted by atomic mass is 32.2. The maximum Gasteiger partial charge on any atom is 0.330 e. The summed E-state index contributed by atoms with van der Waals surface area (Å²) >= 11 is 0. The van der Waals surface area contributed by atoms with Crippen LogP contribution in [-0.2, 0) is 16.6 Å². The van der Waals surface area contributed by atoms with Crippen molar-refractivity contribution in [2.45, 2.75) is 76.4 Å². The SMILES string of the molecule is CC(C)N1C(=O)N(c2ccc(NS(=O)(=O)[C@H](C)c3ccc(F)cc3)c(F)c2)Cc2cnc(NC3CCC(N(C)C)CC3)nc21. The number of carbonyl (C=O) groups excluding carboxylic acids is 1. The number of aromatic nitrogens is 2. The van der Waals surface area contributed by atoms with Crippen molar-refractivity contribution in [1.29, 1.82) is 0 Å². The van der Waals surface area contributed by atoms with Gasteiger partial charge in [0.1, 0.15) is 22.7 Å². The number of halogens is 2. The van der Waals surface area contributed by atoms with Crippen LogP contribution in [0.1, 0.15) is 62.8 Å². The number of hydrogen-bond acceptors (Lipinski definition) is 7. The molecular formula is C31H39F2N7O3S. The van der Waals surface area contributed by atoms with Crippen molar-refractivity contribution in [3.8, 4) is 0 Å². The number of nitrogens with zero attached hydrogens (tertiary/aromatic N) is 5. The molecule has 1 atom stereocenters. The van der Waals surface area contributed by atoms with E-state index in [9.17, 15) is 17.6 Å². The second-order valence-electron chi connectivity index (χ2n) is 12.0. The second-order valence-corrected chi connectivity index (χ2v) is 14.0. The first-order valence-electron chi connectivity index (χ1n) is 14.8. The van der Waals surface area contributed by atoms with Gasteiger partial charge in [0, 0.05) is 35.6 Å². The molecule has 2 amide bonds. The largest absolute Gasteiger partial charge is 0.351 e. The molecule has 1 aliphatic carbocycles. The molecule has 0 spiro atoms. The van der Waals surface area contributed by atoms with E-state index in [1.165, 1.54) is 48.2 Å². The third kappa shape index (κ3) is 6.63. The molecule has 0 bridgehead atoms. The lowest BCUT2D eigenvalue weighted by Gasteiger charge is -2.38. The lowest BCUT2D eigenvalue weighted by molar-refractivity contribution is 0.221. The van der Waals surface area contributed by atoms with E-state index in [1.54, 1.807) is 11.1 Å². The molecule has 236 valence electrons. The summed E-state index contributed by atoms with van der Waals surface area (Å²) in [6.07, 6.45) is 5.89. The fraction of sp³-hybridized carbons (Fsp3) is 0.452. The highest BCUT2D eigenvalue weighted by Gasteiger charge is 2.35. The monoisotopic (exact) mass is 627 g/mol. The third-order valence-electron chi connectivity index (χ3n) is 8.43. The first-order valence-corrected chi connectivity index (χ1v) is 16.3. The van der Waals surface area contributed by atoms with Crippen LogP contribution in [0, 0.1) is 11.6 Å². The number of hydrogen-bond donors (Lipinski definition) is 2. The molecule has 1 fully saturated rings. The van der Waals surface area contributed by atoms with Gasteiger partial charge in [0.25, 0.3) is 0 Å². The van der Waals surface area contributed by atoms with Crippen LogP contribution in [0.15, 0.2) is 48.7 Å². The zero-order valence-corrected chi connectivity index (χ0v) is 26.4. The Balaban J connectivity index is 1.33. The maximum absolute atomic E-state index is 15.3. The zero-order valence-electron chi connectivity index (χ0n) is 25.6. The molecule has 1 saturated carbocycles. The minimum atomic E-state index is -4.06. The van der Waals surface area contributed by atoms with Gasteiger partial charge in [0.15, 0.2) is 0 Å². The molecule has 13 heteroatoms. The molecule has 0 radical (unpaired) electrons. The number of sulfonamides is 1. The Hall–Kier alpha value is -3.84. The van der Waals surface area contributed by atoms with Gasteiger partial charge < -0.3 is 10.2 Å². The van der Waals surface area contributed by atoms with Crippen molar-refractivity contribution in [3.63, 3.8) is 0 Å². The molecule has 44 heavy (non-hydrogen) atoms. The van der Waals surface area contributed by atoms with Gasteiger partial charge in [0.2, 0.25) is 16.0 Å². The Morgan fingerprint density at radius 3 is 2.30 bits per heavy atom. The van der Waals surface area contributed by atoms with Gasteiger partial charge in [-0.15, -0.1) is 0 Å². The van der Waals surface area contributed by atoms with Crippen molar-refractivity contribution in [3.05, 3.63) is 71.4 Å². The van der Waals surface area contributed by atoms with Crippen LogP contribution in [0.2, 0.25) is 0 Å². The van der Waals surface area contributed by atoms with Crippen molar-refractivity contribution in [2.24, 2.45) is 0 Å². The minimum Gasteiger partial charge on any atom is -0.351 e. The highest BCUT2D eigenvalue weighted by molar-refractivity contribution is 7.92. The zero-order chi connectivity index (χ0) is 31.8. The molecule has 2 aliphatic rings. The van der Waals surface area contributed by atoms with Crippen LogP contribution in [0.3, 0.4) is 0 Å². The first kappa shape index (κ1) is 31.6. The summed E-state index contributed by atoms with van der Waals surface area (Å²) < 4.78 is 56.8. The molecule has 3 aromatic rings. The smallest absolute Gasteiger partial charge is 0.330 e. The van der Waals surface area contributed by atoms with Crippen molar-refractivity contribution in [1.82, 2.24) is 14.9 Å². The Morgan fingerprint density at radius 1 is 1.00 bits per heavy atom. The van der Waals surface area contributed by atoms with E-state index in [0.29, 0.717) is 28.9 Å². The van der Waals surface area contributed by atoms with Crippen LogP contribution in [0.25, 0.3) is 0 Å². The van der Waals surface area contributed by atoms with Gasteiger partial charge in [-0.3, -0.25) is 14.5 Å². The van der Waals surface area contributed by atoms with E-state index in [1.807, 2.05) is 13.8 Å². The van der Waals surface area contributed by atoms with E-state index in [0.717, 1.165) is 31.7 Å². The predicted octanol–water partition coefficient (Wildman–Crippen LogP) is 5.90. The first-order chi connectivity index (χ1) is 20.8. The molecule has 2 heterocycles. The normalized spacial score (nSPS) is 19.7. The lowest BCUT2D eigenvalue weighted by atomic mass is 9.91. The molecular weight excluding hydrogens is 588 g/mol. The van der Waals surface area contributed by atoms with Crippen molar-refractivity contribution >= 4 is 39.2 Å². The fourth-order valence-corrected chi connectivity index (χ4v) is 6.91. The Bertz CT molecular complexity index is 1610. The molecule has 0 saturated heterocycles. The minimum absolute atomic E-state index is 0.123. The van der Waals surface area contributed by atoms with Crippen LogP contribution in [0.4, 0.5) is 36.7 Å². The van der Waals surface area contributed by atoms with Crippen LogP contribution < -0.4 is 19.8 Å². The number of nitrogens with one attached hydrogen (secondary N) is 2. The highest BCUT2D eigenvalue weighted by Crippen LogP contribution is 2.35. The number of urea groups is 1. The number of benzene rings is 2. The van der Waals surface area contributed by atoms with E-state index in [2.05, 4.69) is 34.0 Å². The molecule has 2 N–H and O–H groups in total. The quantitative estimate of drug-likeness (QED) is 0.304. The van der Waals surface area contributed by atoms with Gasteiger partial charge >= 0.3 is 6.03 Å². The van der Waals surface area contributed by atoms with Gasteiger partial charge in [0.05, 0.1) is 12.2 Å². The number of amides is 2. The van der Waals surface area contributed by atoms with Crippen LogP contribution >= 0.6 is 0 Å². The standard InChI is InChI=1S/C31H39F2N7O3S/c1-19(2)40-29-22(17-34-30(36-29)35-24-10-12-25(13-11-24)38(4)5)18-39(31(40)41)26-14-15-28(27(33)16-26)37-44(42,43)20(3)21-6-8-23(32)9-7-21/h6-9,14-17,19-20,24-25,37H,10-13,18H2,1-5H3,(H,34,35,36)/t20-,24?,25?/m1/s1. The number of rotatable bonds is 9. The van der Waals surface area contributed by atoms with Gasteiger partial charge in [-0.1, -0.05) is 12.1 Å². The topological polar surface area (TPSA) is 111 Å². The van der Waals surface area contributed by atoms with Gasteiger partial charge in [-0.2, -0.15) is 4.98 Å². The summed E-state index contributed by atoms with van der Waals surface area (Å²) in [5.74, 6) is -0.339. The van der Waals surface area contributed by atoms with Crippen LogP contribution in [0.5, 0.6) is 0 Å². The second kappa shape index (κ2) is 12.6. The van der Waals surface area contributed by atoms with Crippen LogP contribution in [-0.4, -0.2) is 61.5 Å². The lowest BCUT2D eigenvalue weighted by Crippen LogP contribution is -2.51. The molecule has 0 unspecified atom stereocenters. The Labute approximate surface area is 257 Å². The molecule has 10 nitrogen and oxygen atoms in total. The summed E-state index contributed by atoms with van der Waals surface area (Å²) in [6.45, 7) is 5.32. The van der Waals surface area contributed by atoms with Gasteiger partial charge in [-0.05, 0) is 96.4 Å². The average Bonchev–Trinajstić information content (AvgIpc) is 2.98. The van der Waals surface area contributed by atoms with Crippen molar-refractivity contribution < 1.29 is 22.0 Å². The molecule has 1 aliphatic heterocycles. The fourth-order valence-electron chi connectivity index (χ4n) is 5.74. The predicted molar refractivity (Wildman–Crippen MR) is 168 cm³/mol. The maximum atomic E-state index is 15.3. The number of carbonyl (C=O) groups is 1. The molecule has 1 aromatic heterocycles. The average molecular weight is 628 g/mol. The summed E-state index contributed by atoms with van der Waals surface area (Å²) in [5.41, 5.74) is 1.07. The number of anilines is 4. The third-order valence-corrected chi connectivity index (χ3v) is 10.1. The van der Waals surface area contributed by atoms with E-state index in [4.69, 9.17) is 4.98 Å². The summed E-state index contributed by atoms with van der Waals surface area (Å²) in [6, 6.07) is 9.20. The van der Waals surface area contributed by atoms with E-state index >= 15 is 4.39 Å². The molecule has 5 rings (SSSR count). The Morgan fingerprint density at radius 2 is 1.68 bits per heavy atom. The number of fused-ring (bicyclic) bond motifs is 1. The van der Waals surface area contributed by atoms with E-state index < -0.39 is 26.9 Å². The van der Waals surface area contributed by atoms with Crippen molar-refractivity contribution in [2.75, 3.05) is 33.9 Å².